The highest BCUT2D eigenvalue weighted by Crippen LogP contribution is 2.35. The van der Waals surface area contributed by atoms with Gasteiger partial charge in [-0.1, -0.05) is 30.3 Å². The van der Waals surface area contributed by atoms with Crippen LogP contribution in [0.1, 0.15) is 15.9 Å². The van der Waals surface area contributed by atoms with Gasteiger partial charge in [-0.05, 0) is 30.8 Å². The maximum atomic E-state index is 11.5. The number of nitrogens with zero attached hydrogens (tertiary/aromatic N) is 2. The third kappa shape index (κ3) is 2.99. The minimum Gasteiger partial charge on any atom is -0.351 e. The molecule has 23 heavy (non-hydrogen) atoms. The predicted octanol–water partition coefficient (Wildman–Crippen LogP) is 2.08. The Hall–Kier alpha value is -2.57. The molecule has 0 saturated carbocycles. The van der Waals surface area contributed by atoms with E-state index in [9.17, 15) is 4.79 Å². The first-order valence-electron chi connectivity index (χ1n) is 7.42. The number of carbonyl (C=O) groups is 1. The zero-order valence-corrected chi connectivity index (χ0v) is 13.2. The van der Waals surface area contributed by atoms with Gasteiger partial charge in [0.1, 0.15) is 0 Å². The molecule has 2 aromatic carbocycles. The number of nitrogens with one attached hydrogen (secondary N) is 2. The molecular formula is C17H20N4O2. The van der Waals surface area contributed by atoms with Gasteiger partial charge in [0.15, 0.2) is 6.29 Å². The van der Waals surface area contributed by atoms with Crippen LogP contribution in [-0.4, -0.2) is 36.4 Å². The predicted molar refractivity (Wildman–Crippen MR) is 89.4 cm³/mol. The van der Waals surface area contributed by atoms with Crippen LogP contribution in [0.4, 0.5) is 11.4 Å². The lowest BCUT2D eigenvalue weighted by atomic mass is 10.1. The first-order chi connectivity index (χ1) is 11.1. The molecule has 6 nitrogen and oxygen atoms in total. The van der Waals surface area contributed by atoms with Crippen LogP contribution in [0, 0.1) is 0 Å². The van der Waals surface area contributed by atoms with E-state index >= 15 is 0 Å². The molecule has 0 fully saturated rings. The molecular weight excluding hydrogens is 292 g/mol. The van der Waals surface area contributed by atoms with E-state index in [2.05, 4.69) is 27.2 Å². The van der Waals surface area contributed by atoms with Crippen molar-refractivity contribution in [1.29, 1.82) is 0 Å². The molecule has 0 radical (unpaired) electrons. The van der Waals surface area contributed by atoms with Crippen molar-refractivity contribution in [3.63, 3.8) is 0 Å². The van der Waals surface area contributed by atoms with Gasteiger partial charge < -0.3 is 10.2 Å². The minimum atomic E-state index is -0.515. The highest BCUT2D eigenvalue weighted by molar-refractivity contribution is 5.96. The fraction of sp³-hybridized carbons (Fsp3) is 0.235. The summed E-state index contributed by atoms with van der Waals surface area (Å²) in [6.07, 6.45) is -0.00218. The Morgan fingerprint density at radius 3 is 2.74 bits per heavy atom. The highest BCUT2D eigenvalue weighted by atomic mass is 16.5. The van der Waals surface area contributed by atoms with Crippen LogP contribution >= 0.6 is 0 Å². The quantitative estimate of drug-likeness (QED) is 0.596. The second-order valence-electron chi connectivity index (χ2n) is 5.70. The summed E-state index contributed by atoms with van der Waals surface area (Å²) in [6, 6.07) is 15.6. The van der Waals surface area contributed by atoms with Crippen molar-refractivity contribution >= 4 is 17.3 Å². The van der Waals surface area contributed by atoms with Crippen LogP contribution in [0.5, 0.6) is 0 Å². The molecule has 1 aliphatic heterocycles. The van der Waals surface area contributed by atoms with Crippen LogP contribution in [0.3, 0.4) is 0 Å². The molecule has 1 unspecified atom stereocenters. The van der Waals surface area contributed by atoms with Gasteiger partial charge in [-0.2, -0.15) is 0 Å². The van der Waals surface area contributed by atoms with Gasteiger partial charge in [-0.3, -0.25) is 14.9 Å². The normalized spacial score (nSPS) is 16.2. The van der Waals surface area contributed by atoms with E-state index < -0.39 is 5.91 Å². The molecule has 1 heterocycles. The van der Waals surface area contributed by atoms with Crippen molar-refractivity contribution in [2.24, 2.45) is 0 Å². The van der Waals surface area contributed by atoms with Crippen molar-refractivity contribution in [2.75, 3.05) is 24.3 Å². The van der Waals surface area contributed by atoms with E-state index in [0.717, 1.165) is 17.9 Å². The van der Waals surface area contributed by atoms with E-state index in [1.807, 2.05) is 38.4 Å². The van der Waals surface area contributed by atoms with E-state index in [-0.39, 0.29) is 6.29 Å². The summed E-state index contributed by atoms with van der Waals surface area (Å²) in [7, 11) is 4.06. The SMILES string of the molecule is CN(Cc1ccccc1)C1Nc2cc(C(=O)NO)ccc2N1C. The molecule has 3 rings (SSSR count). The molecule has 0 bridgehead atoms. The van der Waals surface area contributed by atoms with Gasteiger partial charge in [0.05, 0.1) is 11.4 Å². The van der Waals surface area contributed by atoms with Gasteiger partial charge in [0.2, 0.25) is 0 Å². The van der Waals surface area contributed by atoms with Crippen LogP contribution in [-0.2, 0) is 6.54 Å². The van der Waals surface area contributed by atoms with E-state index in [4.69, 9.17) is 5.21 Å². The topological polar surface area (TPSA) is 67.8 Å². The Kier molecular flexibility index (Phi) is 4.18. The number of anilines is 2. The third-order valence-electron chi connectivity index (χ3n) is 4.08. The number of carbonyl (C=O) groups excluding carboxylic acids is 1. The number of fused-ring (bicyclic) bond motifs is 1. The lowest BCUT2D eigenvalue weighted by Gasteiger charge is -2.31. The Bertz CT molecular complexity index is 705. The summed E-state index contributed by atoms with van der Waals surface area (Å²) in [4.78, 5) is 15.9. The highest BCUT2D eigenvalue weighted by Gasteiger charge is 2.29. The first-order valence-corrected chi connectivity index (χ1v) is 7.42. The van der Waals surface area contributed by atoms with Crippen molar-refractivity contribution in [1.82, 2.24) is 10.4 Å². The van der Waals surface area contributed by atoms with Crippen molar-refractivity contribution in [2.45, 2.75) is 12.8 Å². The second-order valence-corrected chi connectivity index (χ2v) is 5.70. The number of hydrogen-bond acceptors (Lipinski definition) is 5. The fourth-order valence-electron chi connectivity index (χ4n) is 2.90. The molecule has 120 valence electrons. The van der Waals surface area contributed by atoms with E-state index in [0.29, 0.717) is 5.56 Å². The maximum Gasteiger partial charge on any atom is 0.274 e. The summed E-state index contributed by atoms with van der Waals surface area (Å²) in [6.45, 7) is 0.806. The van der Waals surface area contributed by atoms with E-state index in [1.54, 1.807) is 17.6 Å². The lowest BCUT2D eigenvalue weighted by molar-refractivity contribution is 0.0706. The van der Waals surface area contributed by atoms with Crippen LogP contribution < -0.4 is 15.7 Å². The standard InChI is InChI=1S/C17H20N4O2/c1-20(11-12-6-4-3-5-7-12)17-18-14-10-13(16(22)19-23)8-9-15(14)21(17)2/h3-10,17-18,23H,11H2,1-2H3,(H,19,22). The average molecular weight is 312 g/mol. The minimum absolute atomic E-state index is 0.00218. The number of hydrogen-bond donors (Lipinski definition) is 3. The van der Waals surface area contributed by atoms with Crippen LogP contribution in [0.2, 0.25) is 0 Å². The monoisotopic (exact) mass is 312 g/mol. The molecule has 0 aliphatic carbocycles. The molecule has 1 amide bonds. The summed E-state index contributed by atoms with van der Waals surface area (Å²) in [5.74, 6) is -0.515. The van der Waals surface area contributed by atoms with Gasteiger partial charge >= 0.3 is 0 Å². The second kappa shape index (κ2) is 6.28. The van der Waals surface area contributed by atoms with Crippen LogP contribution in [0.25, 0.3) is 0 Å². The zero-order chi connectivity index (χ0) is 16.4. The summed E-state index contributed by atoms with van der Waals surface area (Å²) in [5, 5.41) is 12.2. The molecule has 3 N–H and O–H groups in total. The average Bonchev–Trinajstić information content (AvgIpc) is 2.91. The molecule has 0 spiro atoms. The summed E-state index contributed by atoms with van der Waals surface area (Å²) in [5.41, 5.74) is 5.20. The van der Waals surface area contributed by atoms with Gasteiger partial charge in [-0.15, -0.1) is 0 Å². The molecule has 6 heteroatoms. The number of benzene rings is 2. The Labute approximate surface area is 135 Å². The Morgan fingerprint density at radius 2 is 2.04 bits per heavy atom. The molecule has 1 atom stereocenters. The lowest BCUT2D eigenvalue weighted by Crippen LogP contribution is -2.45. The third-order valence-corrected chi connectivity index (χ3v) is 4.08. The number of amides is 1. The summed E-state index contributed by atoms with van der Waals surface area (Å²) >= 11 is 0. The Morgan fingerprint density at radius 1 is 1.30 bits per heavy atom. The van der Waals surface area contributed by atoms with Crippen LogP contribution in [0.15, 0.2) is 48.5 Å². The van der Waals surface area contributed by atoms with Crippen molar-refractivity contribution in [3.05, 3.63) is 59.7 Å². The van der Waals surface area contributed by atoms with Crippen molar-refractivity contribution < 1.29 is 10.0 Å². The summed E-state index contributed by atoms with van der Waals surface area (Å²) < 4.78 is 0. The first kappa shape index (κ1) is 15.3. The zero-order valence-electron chi connectivity index (χ0n) is 13.2. The van der Waals surface area contributed by atoms with Gasteiger partial charge in [-0.25, -0.2) is 5.48 Å². The smallest absolute Gasteiger partial charge is 0.274 e. The molecule has 1 aliphatic rings. The molecule has 0 aromatic heterocycles. The Balaban J connectivity index is 1.77. The van der Waals surface area contributed by atoms with Crippen molar-refractivity contribution in [3.8, 4) is 0 Å². The van der Waals surface area contributed by atoms with Gasteiger partial charge in [0.25, 0.3) is 5.91 Å². The largest absolute Gasteiger partial charge is 0.351 e. The number of rotatable bonds is 4. The van der Waals surface area contributed by atoms with Gasteiger partial charge in [0, 0.05) is 19.2 Å². The molecule has 0 saturated heterocycles. The van der Waals surface area contributed by atoms with E-state index in [1.165, 1.54) is 5.56 Å². The fourth-order valence-corrected chi connectivity index (χ4v) is 2.90. The molecule has 2 aromatic rings. The maximum absolute atomic E-state index is 11.5. The number of hydroxylamine groups is 1.